The topological polar surface area (TPSA) is 46.5 Å². The molecule has 0 aromatic heterocycles. The molecule has 0 heterocycles. The average Bonchev–Trinajstić information content (AvgIpc) is 2.96. The first-order chi connectivity index (χ1) is 11.5. The lowest BCUT2D eigenvalue weighted by atomic mass is 9.52. The van der Waals surface area contributed by atoms with Crippen molar-refractivity contribution in [3.8, 4) is 0 Å². The van der Waals surface area contributed by atoms with Gasteiger partial charge in [0.05, 0.1) is 18.8 Å². The molecule has 0 bridgehead atoms. The maximum atomic E-state index is 12.0. The van der Waals surface area contributed by atoms with Gasteiger partial charge in [0, 0.05) is 0 Å². The number of aliphatic hydroxyl groups is 1. The maximum Gasteiger partial charge on any atom is 0.338 e. The number of esters is 1. The zero-order valence-electron chi connectivity index (χ0n) is 15.0. The molecule has 3 heteroatoms. The first-order valence-corrected chi connectivity index (χ1v) is 9.34. The first kappa shape index (κ1) is 16.1. The molecule has 0 amide bonds. The number of methoxy groups -OCH3 is 1. The summed E-state index contributed by atoms with van der Waals surface area (Å²) >= 11 is 0. The molecule has 0 saturated heterocycles. The van der Waals surface area contributed by atoms with Gasteiger partial charge in [-0.3, -0.25) is 0 Å². The summed E-state index contributed by atoms with van der Waals surface area (Å²) in [6, 6.07) is 4.14. The second kappa shape index (κ2) is 5.59. The molecule has 3 aliphatic rings. The second-order valence-electron chi connectivity index (χ2n) is 8.42. The van der Waals surface area contributed by atoms with Crippen molar-refractivity contribution in [2.24, 2.45) is 17.3 Å². The lowest BCUT2D eigenvalue weighted by molar-refractivity contribution is -0.0508. The van der Waals surface area contributed by atoms with Gasteiger partial charge >= 0.3 is 5.97 Å². The minimum absolute atomic E-state index is 0.101. The van der Waals surface area contributed by atoms with Crippen LogP contribution in [0.1, 0.15) is 72.0 Å². The van der Waals surface area contributed by atoms with Crippen molar-refractivity contribution < 1.29 is 14.6 Å². The smallest absolute Gasteiger partial charge is 0.338 e. The third-order valence-corrected chi connectivity index (χ3v) is 7.53. The van der Waals surface area contributed by atoms with E-state index in [0.29, 0.717) is 23.2 Å². The monoisotopic (exact) mass is 328 g/mol. The molecule has 1 aromatic rings. The molecule has 5 atom stereocenters. The van der Waals surface area contributed by atoms with Crippen LogP contribution in [0.25, 0.3) is 0 Å². The summed E-state index contributed by atoms with van der Waals surface area (Å²) in [5, 5.41) is 10.1. The van der Waals surface area contributed by atoms with E-state index in [2.05, 4.69) is 19.9 Å². The standard InChI is InChI=1S/C21H28O3/c1-12-15(20(23)24-3)6-7-16-17-5-4-13-10-14(22)8-9-21(13,2)19(17)11-18(12)16/h6-7,13-14,17,19,22H,4-5,8-11H2,1-3H3/t13-,14-,17-,19-,21+/m0/s1. The summed E-state index contributed by atoms with van der Waals surface area (Å²) in [6.45, 7) is 4.54. The van der Waals surface area contributed by atoms with Gasteiger partial charge in [-0.15, -0.1) is 0 Å². The zero-order chi connectivity index (χ0) is 17.1. The predicted octanol–water partition coefficient (Wildman–Crippen LogP) is 4.00. The fraction of sp³-hybridized carbons (Fsp3) is 0.667. The van der Waals surface area contributed by atoms with Crippen molar-refractivity contribution in [2.45, 2.75) is 64.4 Å². The molecule has 1 N–H and O–H groups in total. The van der Waals surface area contributed by atoms with Crippen LogP contribution in [0, 0.1) is 24.2 Å². The molecule has 24 heavy (non-hydrogen) atoms. The van der Waals surface area contributed by atoms with Gasteiger partial charge in [0.2, 0.25) is 0 Å². The Balaban J connectivity index is 1.71. The number of aliphatic hydroxyl groups excluding tert-OH is 1. The third-order valence-electron chi connectivity index (χ3n) is 7.53. The SMILES string of the molecule is COC(=O)c1ccc2c(c1C)C[C@H]1[C@H]2CC[C@H]2C[C@@H](O)CC[C@]21C. The van der Waals surface area contributed by atoms with Crippen molar-refractivity contribution in [3.05, 3.63) is 34.4 Å². The average molecular weight is 328 g/mol. The fourth-order valence-electron chi connectivity index (χ4n) is 6.07. The van der Waals surface area contributed by atoms with Gasteiger partial charge in [-0.2, -0.15) is 0 Å². The lowest BCUT2D eigenvalue weighted by Gasteiger charge is -2.53. The number of hydrogen-bond donors (Lipinski definition) is 1. The summed E-state index contributed by atoms with van der Waals surface area (Å²) in [5.41, 5.74) is 5.02. The fourth-order valence-corrected chi connectivity index (χ4v) is 6.07. The third kappa shape index (κ3) is 2.17. The van der Waals surface area contributed by atoms with Crippen molar-refractivity contribution in [1.29, 1.82) is 0 Å². The number of carbonyl (C=O) groups excluding carboxylic acids is 1. The summed E-state index contributed by atoms with van der Waals surface area (Å²) in [5.74, 6) is 1.71. The summed E-state index contributed by atoms with van der Waals surface area (Å²) in [7, 11) is 1.45. The Hall–Kier alpha value is -1.35. The molecule has 2 fully saturated rings. The van der Waals surface area contributed by atoms with Crippen LogP contribution < -0.4 is 0 Å². The first-order valence-electron chi connectivity index (χ1n) is 9.34. The Morgan fingerprint density at radius 3 is 2.83 bits per heavy atom. The van der Waals surface area contributed by atoms with Crippen LogP contribution in [-0.2, 0) is 11.2 Å². The number of ether oxygens (including phenoxy) is 1. The molecule has 3 nitrogen and oxygen atoms in total. The predicted molar refractivity (Wildman–Crippen MR) is 93.1 cm³/mol. The van der Waals surface area contributed by atoms with Crippen molar-refractivity contribution in [1.82, 2.24) is 0 Å². The highest BCUT2D eigenvalue weighted by Gasteiger charge is 2.53. The van der Waals surface area contributed by atoms with E-state index in [9.17, 15) is 9.90 Å². The van der Waals surface area contributed by atoms with Crippen LogP contribution in [0.2, 0.25) is 0 Å². The normalized spacial score (nSPS) is 37.3. The van der Waals surface area contributed by atoms with E-state index in [0.717, 1.165) is 36.8 Å². The van der Waals surface area contributed by atoms with Crippen LogP contribution in [0.5, 0.6) is 0 Å². The minimum atomic E-state index is -0.227. The van der Waals surface area contributed by atoms with Gasteiger partial charge < -0.3 is 9.84 Å². The number of hydrogen-bond acceptors (Lipinski definition) is 3. The molecule has 0 spiro atoms. The van der Waals surface area contributed by atoms with Gasteiger partial charge in [-0.25, -0.2) is 4.79 Å². The Morgan fingerprint density at radius 1 is 1.29 bits per heavy atom. The summed E-state index contributed by atoms with van der Waals surface area (Å²) in [6.07, 6.45) is 6.49. The van der Waals surface area contributed by atoms with E-state index in [1.165, 1.54) is 31.1 Å². The van der Waals surface area contributed by atoms with Crippen LogP contribution in [0.4, 0.5) is 0 Å². The highest BCUT2D eigenvalue weighted by Crippen LogP contribution is 2.61. The van der Waals surface area contributed by atoms with Gasteiger partial charge in [0.1, 0.15) is 0 Å². The Morgan fingerprint density at radius 2 is 2.08 bits per heavy atom. The summed E-state index contributed by atoms with van der Waals surface area (Å²) in [4.78, 5) is 12.0. The zero-order valence-corrected chi connectivity index (χ0v) is 15.0. The quantitative estimate of drug-likeness (QED) is 0.793. The summed E-state index contributed by atoms with van der Waals surface area (Å²) < 4.78 is 4.95. The Kier molecular flexibility index (Phi) is 3.76. The van der Waals surface area contributed by atoms with Gasteiger partial charge in [0.15, 0.2) is 0 Å². The van der Waals surface area contributed by atoms with Gasteiger partial charge in [-0.1, -0.05) is 13.0 Å². The number of rotatable bonds is 1. The molecule has 130 valence electrons. The highest BCUT2D eigenvalue weighted by atomic mass is 16.5. The molecular weight excluding hydrogens is 300 g/mol. The molecule has 1 aromatic carbocycles. The Labute approximate surface area is 144 Å². The number of carbonyl (C=O) groups is 1. The van der Waals surface area contributed by atoms with Crippen LogP contribution in [0.3, 0.4) is 0 Å². The van der Waals surface area contributed by atoms with Crippen LogP contribution in [0.15, 0.2) is 12.1 Å². The van der Waals surface area contributed by atoms with E-state index in [1.807, 2.05) is 6.07 Å². The lowest BCUT2D eigenvalue weighted by Crippen LogP contribution is -2.46. The molecule has 2 saturated carbocycles. The largest absolute Gasteiger partial charge is 0.465 e. The van der Waals surface area contributed by atoms with E-state index < -0.39 is 0 Å². The molecule has 0 radical (unpaired) electrons. The molecule has 4 rings (SSSR count). The Bertz CT molecular complexity index is 680. The second-order valence-corrected chi connectivity index (χ2v) is 8.42. The highest BCUT2D eigenvalue weighted by molar-refractivity contribution is 5.91. The maximum absolute atomic E-state index is 12.0. The molecule has 3 aliphatic carbocycles. The van der Waals surface area contributed by atoms with Crippen molar-refractivity contribution in [2.75, 3.05) is 7.11 Å². The van der Waals surface area contributed by atoms with Gasteiger partial charge in [0.25, 0.3) is 0 Å². The van der Waals surface area contributed by atoms with Crippen molar-refractivity contribution in [3.63, 3.8) is 0 Å². The van der Waals surface area contributed by atoms with Crippen LogP contribution >= 0.6 is 0 Å². The number of fused-ring (bicyclic) bond motifs is 5. The molecule has 0 aliphatic heterocycles. The molecule has 0 unspecified atom stereocenters. The van der Waals surface area contributed by atoms with E-state index in [1.54, 1.807) is 0 Å². The number of benzene rings is 1. The van der Waals surface area contributed by atoms with E-state index in [4.69, 9.17) is 4.74 Å². The van der Waals surface area contributed by atoms with E-state index in [-0.39, 0.29) is 12.1 Å². The molecular formula is C21H28O3. The van der Waals surface area contributed by atoms with Crippen molar-refractivity contribution >= 4 is 5.97 Å². The minimum Gasteiger partial charge on any atom is -0.465 e. The van der Waals surface area contributed by atoms with E-state index >= 15 is 0 Å². The van der Waals surface area contributed by atoms with Gasteiger partial charge in [-0.05, 0) is 91.4 Å². The van der Waals surface area contributed by atoms with Crippen LogP contribution in [-0.4, -0.2) is 24.3 Å².